The second-order valence-corrected chi connectivity index (χ2v) is 5.60. The van der Waals surface area contributed by atoms with Crippen molar-refractivity contribution in [2.75, 3.05) is 18.0 Å². The molecule has 2 heterocycles. The number of rotatable bonds is 4. The maximum absolute atomic E-state index is 12.2. The van der Waals surface area contributed by atoms with Gasteiger partial charge in [0.15, 0.2) is 5.13 Å². The first kappa shape index (κ1) is 12.5. The van der Waals surface area contributed by atoms with Gasteiger partial charge in [-0.15, -0.1) is 11.3 Å². The van der Waals surface area contributed by atoms with Gasteiger partial charge in [0.2, 0.25) is 5.91 Å². The highest BCUT2D eigenvalue weighted by molar-refractivity contribution is 7.15. The van der Waals surface area contributed by atoms with Crippen LogP contribution in [0.15, 0.2) is 0 Å². The summed E-state index contributed by atoms with van der Waals surface area (Å²) in [7, 11) is 0. The van der Waals surface area contributed by atoms with E-state index in [1.807, 2.05) is 18.7 Å². The molecule has 0 radical (unpaired) electrons. The molecule has 1 amide bonds. The molecule has 4 nitrogen and oxygen atoms in total. The van der Waals surface area contributed by atoms with Gasteiger partial charge in [-0.25, -0.2) is 4.98 Å². The van der Waals surface area contributed by atoms with E-state index in [0.717, 1.165) is 36.8 Å². The van der Waals surface area contributed by atoms with Crippen LogP contribution in [0.5, 0.6) is 0 Å². The summed E-state index contributed by atoms with van der Waals surface area (Å²) in [4.78, 5) is 19.6. The Morgan fingerprint density at radius 1 is 1.53 bits per heavy atom. The van der Waals surface area contributed by atoms with E-state index < -0.39 is 0 Å². The number of thiazole rings is 1. The van der Waals surface area contributed by atoms with Crippen molar-refractivity contribution in [1.29, 1.82) is 0 Å². The molecule has 0 saturated carbocycles. The van der Waals surface area contributed by atoms with Gasteiger partial charge >= 0.3 is 0 Å². The third-order valence-corrected chi connectivity index (χ3v) is 4.19. The summed E-state index contributed by atoms with van der Waals surface area (Å²) in [6.45, 7) is 7.83. The summed E-state index contributed by atoms with van der Waals surface area (Å²) in [5, 5.41) is 4.14. The third kappa shape index (κ3) is 2.50. The van der Waals surface area contributed by atoms with Gasteiger partial charge in [-0.05, 0) is 33.2 Å². The van der Waals surface area contributed by atoms with E-state index in [2.05, 4.69) is 17.2 Å². The molecular weight excluding hydrogens is 234 g/mol. The number of anilines is 1. The quantitative estimate of drug-likeness (QED) is 0.891. The largest absolute Gasteiger partial charge is 0.306 e. The van der Waals surface area contributed by atoms with E-state index in [1.165, 1.54) is 4.88 Å². The first-order chi connectivity index (χ1) is 8.13. The monoisotopic (exact) mass is 253 g/mol. The third-order valence-electron chi connectivity index (χ3n) is 3.09. The summed E-state index contributed by atoms with van der Waals surface area (Å²) in [6, 6.07) is -0.0144. The Balaban J connectivity index is 2.06. The van der Waals surface area contributed by atoms with Gasteiger partial charge in [-0.1, -0.05) is 6.92 Å². The zero-order valence-electron chi connectivity index (χ0n) is 10.6. The number of aromatic nitrogens is 1. The molecule has 1 saturated heterocycles. The fourth-order valence-corrected chi connectivity index (χ4v) is 2.89. The van der Waals surface area contributed by atoms with Crippen LogP contribution in [0, 0.1) is 13.8 Å². The van der Waals surface area contributed by atoms with Gasteiger partial charge in [0, 0.05) is 11.4 Å². The minimum Gasteiger partial charge on any atom is -0.306 e. The Kier molecular flexibility index (Phi) is 3.79. The summed E-state index contributed by atoms with van der Waals surface area (Å²) < 4.78 is 0. The minimum atomic E-state index is -0.0144. The van der Waals surface area contributed by atoms with Gasteiger partial charge in [0.25, 0.3) is 0 Å². The van der Waals surface area contributed by atoms with Crippen LogP contribution in [0.1, 0.15) is 30.3 Å². The SMILES string of the molecule is CCCNC1CCN(c2nc(C)c(C)s2)C1=O. The Morgan fingerprint density at radius 3 is 2.88 bits per heavy atom. The molecule has 2 rings (SSSR count). The fourth-order valence-electron chi connectivity index (χ4n) is 1.95. The lowest BCUT2D eigenvalue weighted by Crippen LogP contribution is -2.38. The highest BCUT2D eigenvalue weighted by atomic mass is 32.1. The highest BCUT2D eigenvalue weighted by Crippen LogP contribution is 2.28. The second-order valence-electron chi connectivity index (χ2n) is 4.42. The molecule has 1 N–H and O–H groups in total. The normalized spacial score (nSPS) is 20.3. The number of aryl methyl sites for hydroxylation is 2. The van der Waals surface area contributed by atoms with Gasteiger partial charge in [-0.3, -0.25) is 9.69 Å². The number of nitrogens with one attached hydrogen (secondary N) is 1. The molecule has 17 heavy (non-hydrogen) atoms. The molecule has 1 atom stereocenters. The van der Waals surface area contributed by atoms with Crippen molar-refractivity contribution in [3.63, 3.8) is 0 Å². The first-order valence-electron chi connectivity index (χ1n) is 6.12. The first-order valence-corrected chi connectivity index (χ1v) is 6.94. The molecule has 1 fully saturated rings. The summed E-state index contributed by atoms with van der Waals surface area (Å²) in [5.41, 5.74) is 1.03. The van der Waals surface area contributed by atoms with Crippen LogP contribution in [0.2, 0.25) is 0 Å². The molecule has 0 aliphatic carbocycles. The standard InChI is InChI=1S/C12H19N3OS/c1-4-6-13-10-5-7-15(11(10)16)12-14-8(2)9(3)17-12/h10,13H,4-7H2,1-3H3. The van der Waals surface area contributed by atoms with Gasteiger partial charge in [0.05, 0.1) is 11.7 Å². The predicted molar refractivity (Wildman–Crippen MR) is 70.6 cm³/mol. The van der Waals surface area contributed by atoms with Crippen molar-refractivity contribution in [2.24, 2.45) is 0 Å². The highest BCUT2D eigenvalue weighted by Gasteiger charge is 2.33. The van der Waals surface area contributed by atoms with Crippen LogP contribution in [-0.2, 0) is 4.79 Å². The minimum absolute atomic E-state index is 0.0144. The summed E-state index contributed by atoms with van der Waals surface area (Å²) >= 11 is 1.61. The van der Waals surface area contributed by atoms with Gasteiger partial charge in [-0.2, -0.15) is 0 Å². The maximum atomic E-state index is 12.2. The molecule has 1 aliphatic heterocycles. The molecule has 0 spiro atoms. The average molecular weight is 253 g/mol. The second kappa shape index (κ2) is 5.14. The van der Waals surface area contributed by atoms with E-state index >= 15 is 0 Å². The number of hydrogen-bond acceptors (Lipinski definition) is 4. The number of carbonyl (C=O) groups is 1. The van der Waals surface area contributed by atoms with E-state index in [4.69, 9.17) is 0 Å². The van der Waals surface area contributed by atoms with Crippen LogP contribution in [0.25, 0.3) is 0 Å². The fraction of sp³-hybridized carbons (Fsp3) is 0.667. The molecule has 1 aliphatic rings. The Labute approximate surface area is 106 Å². The number of carbonyl (C=O) groups excluding carboxylic acids is 1. The zero-order valence-corrected chi connectivity index (χ0v) is 11.4. The summed E-state index contributed by atoms with van der Waals surface area (Å²) in [6.07, 6.45) is 1.94. The van der Waals surface area contributed by atoms with E-state index in [1.54, 1.807) is 11.3 Å². The zero-order chi connectivity index (χ0) is 12.4. The lowest BCUT2D eigenvalue weighted by molar-refractivity contribution is -0.118. The summed E-state index contributed by atoms with van der Waals surface area (Å²) in [5.74, 6) is 0.173. The van der Waals surface area contributed by atoms with Crippen molar-refractivity contribution >= 4 is 22.4 Å². The van der Waals surface area contributed by atoms with E-state index in [0.29, 0.717) is 0 Å². The van der Waals surface area contributed by atoms with Crippen molar-refractivity contribution in [3.8, 4) is 0 Å². The molecule has 94 valence electrons. The molecule has 1 aromatic rings. The van der Waals surface area contributed by atoms with Crippen LogP contribution in [0.4, 0.5) is 5.13 Å². The van der Waals surface area contributed by atoms with Crippen molar-refractivity contribution in [3.05, 3.63) is 10.6 Å². The smallest absolute Gasteiger partial charge is 0.245 e. The lowest BCUT2D eigenvalue weighted by Gasteiger charge is -2.13. The molecule has 0 aromatic carbocycles. The molecular formula is C12H19N3OS. The van der Waals surface area contributed by atoms with E-state index in [9.17, 15) is 4.79 Å². The van der Waals surface area contributed by atoms with Crippen molar-refractivity contribution in [2.45, 2.75) is 39.7 Å². The van der Waals surface area contributed by atoms with Crippen molar-refractivity contribution < 1.29 is 4.79 Å². The Morgan fingerprint density at radius 2 is 2.29 bits per heavy atom. The van der Waals surface area contributed by atoms with Crippen LogP contribution < -0.4 is 10.2 Å². The van der Waals surface area contributed by atoms with Gasteiger partial charge in [0.1, 0.15) is 0 Å². The Bertz CT molecular complexity index is 396. The van der Waals surface area contributed by atoms with E-state index in [-0.39, 0.29) is 11.9 Å². The maximum Gasteiger partial charge on any atom is 0.245 e. The molecule has 5 heteroatoms. The topological polar surface area (TPSA) is 45.2 Å². The molecule has 0 bridgehead atoms. The average Bonchev–Trinajstić information content (AvgIpc) is 2.81. The number of hydrogen-bond donors (Lipinski definition) is 1. The number of nitrogens with zero attached hydrogens (tertiary/aromatic N) is 2. The lowest BCUT2D eigenvalue weighted by atomic mass is 10.2. The molecule has 1 unspecified atom stereocenters. The number of amides is 1. The Hall–Kier alpha value is -0.940. The predicted octanol–water partition coefficient (Wildman–Crippen LogP) is 1.86. The van der Waals surface area contributed by atoms with Crippen LogP contribution in [-0.4, -0.2) is 30.0 Å². The van der Waals surface area contributed by atoms with Crippen LogP contribution in [0.3, 0.4) is 0 Å². The van der Waals surface area contributed by atoms with Gasteiger partial charge < -0.3 is 5.32 Å². The van der Waals surface area contributed by atoms with Crippen molar-refractivity contribution in [1.82, 2.24) is 10.3 Å². The molecule has 1 aromatic heterocycles. The van der Waals surface area contributed by atoms with Crippen LogP contribution >= 0.6 is 11.3 Å².